The molecule has 0 aliphatic heterocycles. The Labute approximate surface area is 135 Å². The second kappa shape index (κ2) is 5.93. The summed E-state index contributed by atoms with van der Waals surface area (Å²) in [4.78, 5) is 11.7. The van der Waals surface area contributed by atoms with Gasteiger partial charge in [0.05, 0.1) is 0 Å². The molecule has 0 aromatic heterocycles. The molecule has 1 aliphatic rings. The minimum Gasteiger partial charge on any atom is -0.292 e. The Morgan fingerprint density at radius 3 is 2.48 bits per heavy atom. The first-order valence-corrected chi connectivity index (χ1v) is 8.36. The first-order chi connectivity index (χ1) is 10.1. The topological polar surface area (TPSA) is 17.1 Å². The summed E-state index contributed by atoms with van der Waals surface area (Å²) in [7, 11) is 0.0252. The van der Waals surface area contributed by atoms with Gasteiger partial charge >= 0.3 is 0 Å². The lowest BCUT2D eigenvalue weighted by Gasteiger charge is -2.30. The van der Waals surface area contributed by atoms with Crippen LogP contribution in [0.2, 0.25) is 0 Å². The number of hydrogen-bond donors (Lipinski definition) is 0. The molecule has 0 saturated heterocycles. The van der Waals surface area contributed by atoms with Gasteiger partial charge in [-0.2, -0.15) is 0 Å². The molecule has 2 unspecified atom stereocenters. The molecule has 106 valence electrons. The summed E-state index contributed by atoms with van der Waals surface area (Å²) in [5.74, 6) is 0. The van der Waals surface area contributed by atoms with Gasteiger partial charge < -0.3 is 0 Å². The second-order valence-corrected chi connectivity index (χ2v) is 7.39. The quantitative estimate of drug-likeness (QED) is 0.590. The van der Waals surface area contributed by atoms with Gasteiger partial charge in [0.1, 0.15) is 4.87 Å². The third kappa shape index (κ3) is 2.92. The van der Waals surface area contributed by atoms with Crippen molar-refractivity contribution in [2.75, 3.05) is 0 Å². The van der Waals surface area contributed by atoms with Crippen LogP contribution in [0.1, 0.15) is 17.5 Å². The van der Waals surface area contributed by atoms with Gasteiger partial charge in [0, 0.05) is 11.5 Å². The normalized spacial score (nSPS) is 21.1. The van der Waals surface area contributed by atoms with E-state index in [2.05, 4.69) is 0 Å². The molecule has 2 atom stereocenters. The molecule has 0 amide bonds. The molecule has 0 spiro atoms. The zero-order chi connectivity index (χ0) is 14.9. The third-order valence-electron chi connectivity index (χ3n) is 3.50. The Bertz CT molecular complexity index is 712. The standard InChI is InChI=1S/C17H13Cl2OP/c18-13-10-12-6-4-5-9-15(12)17(19,11-13)16(20)21-14-7-2-1-3-8-14/h1-10,21H,11H2. The molecular formula is C17H13Cl2OP. The number of rotatable bonds is 3. The van der Waals surface area contributed by atoms with Crippen molar-refractivity contribution in [3.05, 3.63) is 70.8 Å². The highest BCUT2D eigenvalue weighted by Crippen LogP contribution is 2.47. The van der Waals surface area contributed by atoms with Crippen molar-refractivity contribution < 1.29 is 4.79 Å². The van der Waals surface area contributed by atoms with Crippen LogP contribution in [0.4, 0.5) is 0 Å². The molecule has 0 saturated carbocycles. The van der Waals surface area contributed by atoms with Crippen LogP contribution < -0.4 is 5.30 Å². The largest absolute Gasteiger partial charge is 0.292 e. The van der Waals surface area contributed by atoms with E-state index in [1.165, 1.54) is 0 Å². The SMILES string of the molecule is O=C(Pc1ccccc1)C1(Cl)CC(Cl)=Cc2ccccc21. The zero-order valence-electron chi connectivity index (χ0n) is 11.1. The Hall–Kier alpha value is -1.14. The van der Waals surface area contributed by atoms with E-state index in [4.69, 9.17) is 23.2 Å². The van der Waals surface area contributed by atoms with E-state index in [0.29, 0.717) is 11.5 Å². The van der Waals surface area contributed by atoms with Gasteiger partial charge in [-0.15, -0.1) is 11.6 Å². The number of carbonyl (C=O) groups excluding carboxylic acids is 1. The van der Waals surface area contributed by atoms with Crippen LogP contribution in [0.25, 0.3) is 6.08 Å². The monoisotopic (exact) mass is 334 g/mol. The molecule has 2 aromatic rings. The lowest BCUT2D eigenvalue weighted by molar-refractivity contribution is -0.113. The van der Waals surface area contributed by atoms with Gasteiger partial charge in [0.2, 0.25) is 0 Å². The number of halogens is 2. The van der Waals surface area contributed by atoms with E-state index in [1.54, 1.807) is 0 Å². The molecule has 2 aromatic carbocycles. The van der Waals surface area contributed by atoms with Gasteiger partial charge in [-0.25, -0.2) is 0 Å². The molecule has 21 heavy (non-hydrogen) atoms. The van der Waals surface area contributed by atoms with Gasteiger partial charge in [0.15, 0.2) is 5.52 Å². The number of hydrogen-bond acceptors (Lipinski definition) is 1. The number of carbonyl (C=O) groups is 1. The van der Waals surface area contributed by atoms with Crippen LogP contribution in [0.3, 0.4) is 0 Å². The van der Waals surface area contributed by atoms with E-state index in [9.17, 15) is 4.79 Å². The van der Waals surface area contributed by atoms with Crippen molar-refractivity contribution in [3.8, 4) is 0 Å². The van der Waals surface area contributed by atoms with E-state index in [-0.39, 0.29) is 14.1 Å². The predicted octanol–water partition coefficient (Wildman–Crippen LogP) is 4.63. The molecule has 0 bridgehead atoms. The maximum Gasteiger partial charge on any atom is 0.181 e. The number of fused-ring (bicyclic) bond motifs is 1. The highest BCUT2D eigenvalue weighted by molar-refractivity contribution is 7.65. The number of benzene rings is 2. The van der Waals surface area contributed by atoms with Gasteiger partial charge in [-0.1, -0.05) is 66.2 Å². The summed E-state index contributed by atoms with van der Waals surface area (Å²) in [6, 6.07) is 17.4. The van der Waals surface area contributed by atoms with E-state index in [1.807, 2.05) is 60.7 Å². The molecule has 1 aliphatic carbocycles. The van der Waals surface area contributed by atoms with Crippen LogP contribution in [0, 0.1) is 0 Å². The molecule has 0 radical (unpaired) electrons. The predicted molar refractivity (Wildman–Crippen MR) is 91.8 cm³/mol. The Morgan fingerprint density at radius 2 is 1.71 bits per heavy atom. The fourth-order valence-electron chi connectivity index (χ4n) is 2.49. The van der Waals surface area contributed by atoms with Crippen molar-refractivity contribution in [2.45, 2.75) is 11.3 Å². The fourth-order valence-corrected chi connectivity index (χ4v) is 4.37. The maximum atomic E-state index is 12.8. The van der Waals surface area contributed by atoms with Crippen LogP contribution in [-0.4, -0.2) is 5.52 Å². The minimum atomic E-state index is -1.06. The smallest absolute Gasteiger partial charge is 0.181 e. The van der Waals surface area contributed by atoms with Crippen molar-refractivity contribution in [1.29, 1.82) is 0 Å². The average molecular weight is 335 g/mol. The van der Waals surface area contributed by atoms with E-state index >= 15 is 0 Å². The zero-order valence-corrected chi connectivity index (χ0v) is 13.7. The average Bonchev–Trinajstić information content (AvgIpc) is 2.48. The van der Waals surface area contributed by atoms with Gasteiger partial charge in [0.25, 0.3) is 0 Å². The molecule has 0 heterocycles. The first kappa shape index (κ1) is 14.8. The molecule has 0 N–H and O–H groups in total. The first-order valence-electron chi connectivity index (χ1n) is 6.60. The van der Waals surface area contributed by atoms with Crippen molar-refractivity contribution in [1.82, 2.24) is 0 Å². The van der Waals surface area contributed by atoms with Crippen molar-refractivity contribution in [3.63, 3.8) is 0 Å². The minimum absolute atomic E-state index is 0.00840. The van der Waals surface area contributed by atoms with Crippen LogP contribution >= 0.6 is 31.8 Å². The summed E-state index contributed by atoms with van der Waals surface area (Å²) >= 11 is 12.9. The van der Waals surface area contributed by atoms with Crippen LogP contribution in [0.15, 0.2) is 59.6 Å². The molecule has 4 heteroatoms. The second-order valence-electron chi connectivity index (χ2n) is 4.98. The number of alkyl halides is 1. The lowest BCUT2D eigenvalue weighted by atomic mass is 9.87. The van der Waals surface area contributed by atoms with E-state index < -0.39 is 4.87 Å². The Balaban J connectivity index is 1.97. The van der Waals surface area contributed by atoms with Gasteiger partial charge in [-0.3, -0.25) is 4.79 Å². The summed E-state index contributed by atoms with van der Waals surface area (Å²) < 4.78 is 0. The Morgan fingerprint density at radius 1 is 1.05 bits per heavy atom. The van der Waals surface area contributed by atoms with E-state index in [0.717, 1.165) is 16.4 Å². The fraction of sp³-hybridized carbons (Fsp3) is 0.118. The van der Waals surface area contributed by atoms with Gasteiger partial charge in [-0.05, 0) is 31.1 Å². The Kier molecular flexibility index (Phi) is 4.17. The maximum absolute atomic E-state index is 12.8. The third-order valence-corrected chi connectivity index (χ3v) is 5.69. The summed E-state index contributed by atoms with van der Waals surface area (Å²) in [5, 5.41) is 1.61. The molecule has 1 nitrogen and oxygen atoms in total. The highest BCUT2D eigenvalue weighted by Gasteiger charge is 2.41. The summed E-state index contributed by atoms with van der Waals surface area (Å²) in [6.45, 7) is 0. The summed E-state index contributed by atoms with van der Waals surface area (Å²) in [6.07, 6.45) is 2.24. The highest BCUT2D eigenvalue weighted by atomic mass is 35.5. The molecule has 0 fully saturated rings. The van der Waals surface area contributed by atoms with Crippen LogP contribution in [-0.2, 0) is 9.67 Å². The van der Waals surface area contributed by atoms with Crippen molar-refractivity contribution >= 4 is 48.7 Å². The van der Waals surface area contributed by atoms with Crippen LogP contribution in [0.5, 0.6) is 0 Å². The number of allylic oxidation sites excluding steroid dienone is 1. The lowest BCUT2D eigenvalue weighted by Crippen LogP contribution is -2.31. The van der Waals surface area contributed by atoms with Crippen molar-refractivity contribution in [2.24, 2.45) is 0 Å². The summed E-state index contributed by atoms with van der Waals surface area (Å²) in [5.41, 5.74) is 1.79. The molecule has 3 rings (SSSR count). The molecular weight excluding hydrogens is 322 g/mol.